The Morgan fingerprint density at radius 3 is 2.52 bits per heavy atom. The lowest BCUT2D eigenvalue weighted by molar-refractivity contribution is -0.923. The van der Waals surface area contributed by atoms with Gasteiger partial charge in [-0.15, -0.1) is 0 Å². The zero-order chi connectivity index (χ0) is 17.6. The van der Waals surface area contributed by atoms with E-state index in [4.69, 9.17) is 0 Å². The molecule has 0 spiro atoms. The van der Waals surface area contributed by atoms with Crippen LogP contribution in [-0.2, 0) is 11.3 Å². The Kier molecular flexibility index (Phi) is 4.17. The minimum Gasteiger partial charge on any atom is -0.311 e. The highest BCUT2D eigenvalue weighted by atomic mass is 79.9. The summed E-state index contributed by atoms with van der Waals surface area (Å²) in [5.41, 5.74) is 2.14. The molecule has 4 rings (SSSR count). The fraction of sp³-hybridized carbons (Fsp3) is 0.263. The van der Waals surface area contributed by atoms with E-state index in [2.05, 4.69) is 15.9 Å². The van der Waals surface area contributed by atoms with Crippen molar-refractivity contribution < 1.29 is 18.9 Å². The Morgan fingerprint density at radius 2 is 1.84 bits per heavy atom. The first-order valence-corrected chi connectivity index (χ1v) is 9.07. The summed E-state index contributed by atoms with van der Waals surface area (Å²) in [5.74, 6) is -1.18. The van der Waals surface area contributed by atoms with Gasteiger partial charge in [-0.2, -0.15) is 0 Å². The van der Waals surface area contributed by atoms with E-state index in [1.54, 1.807) is 29.2 Å². The fourth-order valence-electron chi connectivity index (χ4n) is 3.35. The lowest BCUT2D eigenvalue weighted by atomic mass is 10.1. The maximum Gasteiger partial charge on any atom is 0.303 e. The molecule has 0 radical (unpaired) electrons. The third-order valence-corrected chi connectivity index (χ3v) is 5.44. The van der Waals surface area contributed by atoms with Crippen LogP contribution in [0.2, 0.25) is 0 Å². The predicted molar refractivity (Wildman–Crippen MR) is 94.9 cm³/mol. The smallest absolute Gasteiger partial charge is 0.303 e. The molecule has 4 nitrogen and oxygen atoms in total. The van der Waals surface area contributed by atoms with Gasteiger partial charge in [0.05, 0.1) is 17.3 Å². The van der Waals surface area contributed by atoms with Crippen molar-refractivity contribution in [3.05, 3.63) is 63.9 Å². The van der Waals surface area contributed by atoms with E-state index in [0.717, 1.165) is 22.9 Å². The van der Waals surface area contributed by atoms with E-state index in [1.165, 1.54) is 17.0 Å². The quantitative estimate of drug-likeness (QED) is 0.778. The fourth-order valence-corrected chi connectivity index (χ4v) is 3.93. The van der Waals surface area contributed by atoms with E-state index in [9.17, 15) is 14.0 Å². The molecule has 6 heteroatoms. The summed E-state index contributed by atoms with van der Waals surface area (Å²) in [7, 11) is 0. The Labute approximate surface area is 153 Å². The molecule has 2 aromatic carbocycles. The number of carbonyl (C=O) groups excluding carboxylic acids is 2. The van der Waals surface area contributed by atoms with Gasteiger partial charge in [0.15, 0.2) is 6.67 Å². The number of hydrogen-bond donors (Lipinski definition) is 1. The Bertz CT molecular complexity index is 849. The van der Waals surface area contributed by atoms with Crippen LogP contribution in [0.1, 0.15) is 28.8 Å². The summed E-state index contributed by atoms with van der Waals surface area (Å²) in [5, 5.41) is 0. The zero-order valence-electron chi connectivity index (χ0n) is 13.5. The SMILES string of the molecule is O=C1C(=O)N(C[NH+](Cc2ccc(F)cc2)C2CC2)c2c(Br)cccc21. The number of anilines is 1. The second-order valence-electron chi connectivity index (χ2n) is 6.59. The van der Waals surface area contributed by atoms with Gasteiger partial charge in [-0.1, -0.05) is 18.2 Å². The van der Waals surface area contributed by atoms with Crippen LogP contribution in [0.4, 0.5) is 10.1 Å². The molecule has 25 heavy (non-hydrogen) atoms. The van der Waals surface area contributed by atoms with Crippen molar-refractivity contribution >= 4 is 33.3 Å². The molecule has 0 bridgehead atoms. The minimum absolute atomic E-state index is 0.255. The second-order valence-corrected chi connectivity index (χ2v) is 7.45. The van der Waals surface area contributed by atoms with Gasteiger partial charge < -0.3 is 4.90 Å². The number of benzene rings is 2. The summed E-state index contributed by atoms with van der Waals surface area (Å²) in [6.07, 6.45) is 2.21. The molecule has 1 unspecified atom stereocenters. The summed E-state index contributed by atoms with van der Waals surface area (Å²) >= 11 is 3.46. The predicted octanol–water partition coefficient (Wildman–Crippen LogP) is 2.32. The standard InChI is InChI=1S/C19H16BrFN2O2/c20-16-3-1-2-15-17(16)23(19(25)18(15)24)11-22(14-8-9-14)10-12-4-6-13(21)7-5-12/h1-7,14H,8-11H2/p+1. The number of nitrogens with one attached hydrogen (secondary N) is 1. The number of amides is 1. The number of carbonyl (C=O) groups is 2. The van der Waals surface area contributed by atoms with Crippen molar-refractivity contribution in [3.8, 4) is 0 Å². The molecule has 2 aromatic rings. The molecule has 1 fully saturated rings. The van der Waals surface area contributed by atoms with Crippen LogP contribution < -0.4 is 9.80 Å². The van der Waals surface area contributed by atoms with Crippen LogP contribution in [0.5, 0.6) is 0 Å². The van der Waals surface area contributed by atoms with Crippen molar-refractivity contribution in [2.45, 2.75) is 25.4 Å². The molecule has 0 aromatic heterocycles. The molecule has 1 saturated carbocycles. The van der Waals surface area contributed by atoms with Crippen molar-refractivity contribution in [1.82, 2.24) is 0 Å². The maximum absolute atomic E-state index is 13.1. The van der Waals surface area contributed by atoms with Crippen LogP contribution in [-0.4, -0.2) is 24.4 Å². The van der Waals surface area contributed by atoms with E-state index in [0.29, 0.717) is 30.5 Å². The third-order valence-electron chi connectivity index (χ3n) is 4.80. The third kappa shape index (κ3) is 3.12. The van der Waals surface area contributed by atoms with Crippen LogP contribution in [0.25, 0.3) is 0 Å². The monoisotopic (exact) mass is 403 g/mol. The summed E-state index contributed by atoms with van der Waals surface area (Å²) < 4.78 is 13.9. The highest BCUT2D eigenvalue weighted by Gasteiger charge is 2.42. The molecule has 1 amide bonds. The molecule has 1 heterocycles. The van der Waals surface area contributed by atoms with Crippen LogP contribution >= 0.6 is 15.9 Å². The van der Waals surface area contributed by atoms with Crippen molar-refractivity contribution in [2.75, 3.05) is 11.6 Å². The van der Waals surface area contributed by atoms with Gasteiger partial charge in [-0.25, -0.2) is 4.39 Å². The lowest BCUT2D eigenvalue weighted by Crippen LogP contribution is -3.13. The summed E-state index contributed by atoms with van der Waals surface area (Å²) in [6.45, 7) is 1.13. The first-order valence-electron chi connectivity index (χ1n) is 8.28. The Balaban J connectivity index is 1.60. The number of halogens is 2. The van der Waals surface area contributed by atoms with Gasteiger partial charge in [0, 0.05) is 22.9 Å². The number of Topliss-reactive ketones (excluding diaryl/α,β-unsaturated/α-hetero) is 1. The Morgan fingerprint density at radius 1 is 1.12 bits per heavy atom. The minimum atomic E-state index is -0.473. The first kappa shape index (κ1) is 16.4. The summed E-state index contributed by atoms with van der Waals surface area (Å²) in [6, 6.07) is 12.2. The Hall–Kier alpha value is -2.05. The van der Waals surface area contributed by atoms with Gasteiger partial charge >= 0.3 is 5.91 Å². The van der Waals surface area contributed by atoms with Gasteiger partial charge in [0.1, 0.15) is 12.4 Å². The molecule has 1 N–H and O–H groups in total. The topological polar surface area (TPSA) is 41.8 Å². The van der Waals surface area contributed by atoms with Crippen LogP contribution in [0, 0.1) is 5.82 Å². The van der Waals surface area contributed by atoms with Gasteiger partial charge in [-0.05, 0) is 40.2 Å². The number of nitrogens with zero attached hydrogens (tertiary/aromatic N) is 1. The highest BCUT2D eigenvalue weighted by molar-refractivity contribution is 9.10. The lowest BCUT2D eigenvalue weighted by Gasteiger charge is -2.25. The molecule has 1 atom stereocenters. The van der Waals surface area contributed by atoms with Crippen molar-refractivity contribution in [3.63, 3.8) is 0 Å². The number of para-hydroxylation sites is 1. The average Bonchev–Trinajstić information content (AvgIpc) is 3.41. The number of quaternary nitrogens is 1. The average molecular weight is 404 g/mol. The first-order chi connectivity index (χ1) is 12.0. The molecular formula is C19H17BrFN2O2+. The van der Waals surface area contributed by atoms with E-state index in [1.807, 2.05) is 6.07 Å². The molecule has 0 saturated heterocycles. The zero-order valence-corrected chi connectivity index (χ0v) is 15.1. The second kappa shape index (κ2) is 6.35. The highest BCUT2D eigenvalue weighted by Crippen LogP contribution is 2.35. The van der Waals surface area contributed by atoms with Gasteiger partial charge in [0.25, 0.3) is 5.78 Å². The molecule has 128 valence electrons. The number of fused-ring (bicyclic) bond motifs is 1. The van der Waals surface area contributed by atoms with Gasteiger partial charge in [-0.3, -0.25) is 14.5 Å². The van der Waals surface area contributed by atoms with Crippen molar-refractivity contribution in [2.24, 2.45) is 0 Å². The molecular weight excluding hydrogens is 387 g/mol. The number of rotatable bonds is 5. The largest absolute Gasteiger partial charge is 0.311 e. The van der Waals surface area contributed by atoms with Crippen LogP contribution in [0.3, 0.4) is 0 Å². The maximum atomic E-state index is 13.1. The molecule has 1 aliphatic heterocycles. The number of hydrogen-bond acceptors (Lipinski definition) is 2. The van der Waals surface area contributed by atoms with E-state index >= 15 is 0 Å². The molecule has 2 aliphatic rings. The van der Waals surface area contributed by atoms with E-state index < -0.39 is 11.7 Å². The van der Waals surface area contributed by atoms with Crippen LogP contribution in [0.15, 0.2) is 46.9 Å². The van der Waals surface area contributed by atoms with Gasteiger partial charge in [0.2, 0.25) is 0 Å². The summed E-state index contributed by atoms with van der Waals surface area (Å²) in [4.78, 5) is 27.5. The van der Waals surface area contributed by atoms with E-state index in [-0.39, 0.29) is 5.82 Å². The normalized spacial score (nSPS) is 17.8. The van der Waals surface area contributed by atoms with Crippen molar-refractivity contribution in [1.29, 1.82) is 0 Å². The molecule has 1 aliphatic carbocycles. The number of ketones is 1.